The predicted octanol–water partition coefficient (Wildman–Crippen LogP) is 0.509. The van der Waals surface area contributed by atoms with E-state index in [4.69, 9.17) is 10.6 Å². The number of amides is 2. The minimum atomic E-state index is -1.79. The van der Waals surface area contributed by atoms with Crippen LogP contribution in [0.15, 0.2) is 40.3 Å². The number of nitrogens with two attached hydrogens (primary N) is 1. The number of nitrogens with one attached hydrogen (secondary N) is 1. The summed E-state index contributed by atoms with van der Waals surface area (Å²) in [7, 11) is 0. The zero-order chi connectivity index (χ0) is 30.5. The molecule has 3 aromatic rings. The van der Waals surface area contributed by atoms with Gasteiger partial charge in [-0.1, -0.05) is 5.16 Å². The van der Waals surface area contributed by atoms with Gasteiger partial charge in [-0.3, -0.25) is 14.5 Å². The number of thioether (sulfide) groups is 1. The number of aromatic hydroxyl groups is 2. The number of carboxylic acids is 2. The van der Waals surface area contributed by atoms with Gasteiger partial charge in [0.25, 0.3) is 11.8 Å². The van der Waals surface area contributed by atoms with E-state index in [-0.39, 0.29) is 40.3 Å². The molecule has 2 aliphatic heterocycles. The van der Waals surface area contributed by atoms with Gasteiger partial charge in [0, 0.05) is 29.8 Å². The number of anilines is 1. The van der Waals surface area contributed by atoms with Gasteiger partial charge in [-0.2, -0.15) is 0 Å². The van der Waals surface area contributed by atoms with Crippen molar-refractivity contribution in [3.63, 3.8) is 0 Å². The monoisotopic (exact) mass is 617 g/mol. The Morgan fingerprint density at radius 2 is 1.95 bits per heavy atom. The second kappa shape index (κ2) is 10.5. The number of carbonyl (C=O) groups excluding carboxylic acids is 2. The van der Waals surface area contributed by atoms with Gasteiger partial charge >= 0.3 is 11.9 Å². The van der Waals surface area contributed by atoms with Gasteiger partial charge in [-0.15, -0.1) is 23.1 Å². The molecule has 1 aromatic carbocycles. The SMILES string of the molecule is CC(C)(O/N=C(\C(=O)NC1C(=O)N2C(C(=O)O)=C(Cn3cnc4cc(O)c(O)cc43)CS[C@@H]12)c1csc(N)n1)C(=O)O. The lowest BCUT2D eigenvalue weighted by Gasteiger charge is -2.49. The van der Waals surface area contributed by atoms with Crippen LogP contribution in [0, 0.1) is 0 Å². The number of nitrogen functional groups attached to an aromatic ring is 1. The number of aliphatic carboxylic acids is 2. The van der Waals surface area contributed by atoms with Crippen LogP contribution in [-0.2, 0) is 30.6 Å². The number of benzene rings is 1. The van der Waals surface area contributed by atoms with Gasteiger partial charge in [0.2, 0.25) is 5.60 Å². The Morgan fingerprint density at radius 3 is 2.60 bits per heavy atom. The Morgan fingerprint density at radius 1 is 1.24 bits per heavy atom. The highest BCUT2D eigenvalue weighted by atomic mass is 32.2. The molecular weight excluding hydrogens is 594 g/mol. The molecule has 220 valence electrons. The lowest BCUT2D eigenvalue weighted by molar-refractivity contribution is -0.161. The summed E-state index contributed by atoms with van der Waals surface area (Å²) < 4.78 is 1.58. The highest BCUT2D eigenvalue weighted by Gasteiger charge is 2.54. The van der Waals surface area contributed by atoms with E-state index < -0.39 is 46.5 Å². The van der Waals surface area contributed by atoms with Crippen molar-refractivity contribution in [2.75, 3.05) is 11.5 Å². The molecule has 0 bridgehead atoms. The zero-order valence-electron chi connectivity index (χ0n) is 21.8. The minimum absolute atomic E-state index is 0.00330. The summed E-state index contributed by atoms with van der Waals surface area (Å²) in [5, 5.41) is 46.0. The highest BCUT2D eigenvalue weighted by molar-refractivity contribution is 8.00. The molecule has 5 rings (SSSR count). The molecule has 2 aliphatic rings. The molecule has 0 radical (unpaired) electrons. The first-order valence-corrected chi connectivity index (χ1v) is 14.0. The standard InChI is InChI=1S/C24H23N7O9S2/c1-24(2,22(38)39)40-29-15(11-7-42-23(25)27-11)18(34)28-16-19(35)31-17(21(36)37)9(6-41-20(16)31)5-30-8-26-10-3-13(32)14(33)4-12(10)30/h3-4,7-8,16,20,32-33H,5-6H2,1-2H3,(H2,25,27)(H,28,34)(H,36,37)(H,38,39)/b29-15-/t16?,20-/m0/s1. The first kappa shape index (κ1) is 28.7. The normalized spacial score (nSPS) is 19.0. The zero-order valence-corrected chi connectivity index (χ0v) is 23.5. The van der Waals surface area contributed by atoms with Gasteiger partial charge in [0.1, 0.15) is 22.8 Å². The van der Waals surface area contributed by atoms with Gasteiger partial charge in [0.15, 0.2) is 22.3 Å². The fourth-order valence-electron chi connectivity index (χ4n) is 4.23. The van der Waals surface area contributed by atoms with E-state index >= 15 is 0 Å². The fraction of sp³-hybridized carbons (Fsp3) is 0.292. The van der Waals surface area contributed by atoms with Gasteiger partial charge in [0.05, 0.1) is 17.4 Å². The molecule has 2 amide bonds. The maximum atomic E-state index is 13.2. The molecule has 1 fully saturated rings. The van der Waals surface area contributed by atoms with Crippen LogP contribution >= 0.6 is 23.1 Å². The summed E-state index contributed by atoms with van der Waals surface area (Å²) in [6.07, 6.45) is 1.42. The molecule has 7 N–H and O–H groups in total. The van der Waals surface area contributed by atoms with Gasteiger partial charge in [-0.25, -0.2) is 19.6 Å². The number of aromatic nitrogens is 3. The van der Waals surface area contributed by atoms with E-state index in [1.807, 2.05) is 0 Å². The topological polar surface area (TPSA) is 243 Å². The predicted molar refractivity (Wildman–Crippen MR) is 149 cm³/mol. The molecule has 42 heavy (non-hydrogen) atoms. The number of β-lactam (4-membered cyclic amide) rings is 1. The van der Waals surface area contributed by atoms with Crippen molar-refractivity contribution in [2.45, 2.75) is 37.4 Å². The number of carboxylic acid groups (broad SMARTS) is 2. The lowest BCUT2D eigenvalue weighted by atomic mass is 10.0. The number of imidazole rings is 1. The Kier molecular flexibility index (Phi) is 7.19. The second-order valence-electron chi connectivity index (χ2n) is 9.74. The highest BCUT2D eigenvalue weighted by Crippen LogP contribution is 2.41. The van der Waals surface area contributed by atoms with Crippen LogP contribution in [0.5, 0.6) is 11.5 Å². The molecule has 1 saturated heterocycles. The van der Waals surface area contributed by atoms with Crippen LogP contribution in [0.1, 0.15) is 19.5 Å². The lowest BCUT2D eigenvalue weighted by Crippen LogP contribution is -2.71. The number of thiazole rings is 1. The van der Waals surface area contributed by atoms with E-state index in [1.165, 1.54) is 49.4 Å². The number of hydrogen-bond donors (Lipinski definition) is 6. The number of phenols is 2. The van der Waals surface area contributed by atoms with E-state index in [0.717, 1.165) is 16.2 Å². The van der Waals surface area contributed by atoms with E-state index in [9.17, 15) is 39.6 Å². The van der Waals surface area contributed by atoms with Crippen molar-refractivity contribution < 1.29 is 44.4 Å². The first-order chi connectivity index (χ1) is 19.8. The molecule has 0 aliphatic carbocycles. The van der Waals surface area contributed by atoms with Crippen molar-refractivity contribution in [1.82, 2.24) is 24.8 Å². The number of nitrogens with zero attached hydrogens (tertiary/aromatic N) is 5. The van der Waals surface area contributed by atoms with Crippen LogP contribution in [-0.4, -0.2) is 92.1 Å². The number of oxime groups is 1. The van der Waals surface area contributed by atoms with E-state index in [2.05, 4.69) is 20.4 Å². The Balaban J connectivity index is 1.38. The molecule has 4 heterocycles. The largest absolute Gasteiger partial charge is 0.504 e. The summed E-state index contributed by atoms with van der Waals surface area (Å²) in [6, 6.07) is 1.45. The smallest absolute Gasteiger partial charge is 0.352 e. The summed E-state index contributed by atoms with van der Waals surface area (Å²) >= 11 is 2.23. The van der Waals surface area contributed by atoms with Crippen molar-refractivity contribution in [2.24, 2.45) is 5.16 Å². The minimum Gasteiger partial charge on any atom is -0.504 e. The van der Waals surface area contributed by atoms with E-state index in [1.54, 1.807) is 4.57 Å². The van der Waals surface area contributed by atoms with Crippen LogP contribution in [0.2, 0.25) is 0 Å². The van der Waals surface area contributed by atoms with Crippen LogP contribution in [0.3, 0.4) is 0 Å². The third-order valence-corrected chi connectivity index (χ3v) is 8.49. The number of fused-ring (bicyclic) bond motifs is 2. The molecule has 16 nitrogen and oxygen atoms in total. The number of rotatable bonds is 9. The molecule has 0 saturated carbocycles. The van der Waals surface area contributed by atoms with Gasteiger partial charge < -0.3 is 40.9 Å². The third kappa shape index (κ3) is 5.05. The molecule has 0 spiro atoms. The van der Waals surface area contributed by atoms with Crippen molar-refractivity contribution >= 4 is 68.7 Å². The molecule has 18 heteroatoms. The number of carbonyl (C=O) groups is 4. The van der Waals surface area contributed by atoms with Crippen LogP contribution in [0.25, 0.3) is 11.0 Å². The summed E-state index contributed by atoms with van der Waals surface area (Å²) in [5.41, 5.74) is 4.43. The summed E-state index contributed by atoms with van der Waals surface area (Å²) in [6.45, 7) is 2.49. The summed E-state index contributed by atoms with van der Waals surface area (Å²) in [5.74, 6) is -4.80. The van der Waals surface area contributed by atoms with Crippen molar-refractivity contribution in [1.29, 1.82) is 0 Å². The molecule has 1 unspecified atom stereocenters. The third-order valence-electron chi connectivity index (χ3n) is 6.47. The quantitative estimate of drug-likeness (QED) is 0.0831. The second-order valence-corrected chi connectivity index (χ2v) is 11.7. The average molecular weight is 618 g/mol. The first-order valence-electron chi connectivity index (χ1n) is 12.1. The number of phenolic OH excluding ortho intramolecular Hbond substituents is 2. The van der Waals surface area contributed by atoms with Gasteiger partial charge in [-0.05, 0) is 19.4 Å². The fourth-order valence-corrected chi connectivity index (χ4v) is 6.11. The van der Waals surface area contributed by atoms with Crippen LogP contribution in [0.4, 0.5) is 5.13 Å². The van der Waals surface area contributed by atoms with Crippen LogP contribution < -0.4 is 11.1 Å². The molecule has 2 atom stereocenters. The van der Waals surface area contributed by atoms with Crippen molar-refractivity contribution in [3.05, 3.63) is 40.8 Å². The maximum absolute atomic E-state index is 13.2. The Bertz CT molecular complexity index is 1710. The average Bonchev–Trinajstić information content (AvgIpc) is 3.52. The molecule has 2 aromatic heterocycles. The summed E-state index contributed by atoms with van der Waals surface area (Å²) in [4.78, 5) is 64.5. The van der Waals surface area contributed by atoms with E-state index in [0.29, 0.717) is 16.6 Å². The Labute approximate surface area is 244 Å². The Hall–Kier alpha value is -4.84. The molecular formula is C24H23N7O9S2. The van der Waals surface area contributed by atoms with Crippen molar-refractivity contribution in [3.8, 4) is 11.5 Å². The number of hydrogen-bond acceptors (Lipinski definition) is 13. The maximum Gasteiger partial charge on any atom is 0.352 e.